The molecule has 35 heavy (non-hydrogen) atoms. The van der Waals surface area contributed by atoms with Crippen LogP contribution in [-0.4, -0.2) is 38.0 Å². The zero-order chi connectivity index (χ0) is 24.5. The lowest BCUT2D eigenvalue weighted by molar-refractivity contribution is 0.106. The number of nitrogens with one attached hydrogen (secondary N) is 1. The first-order valence-corrected chi connectivity index (χ1v) is 13.3. The molecule has 0 aliphatic carbocycles. The summed E-state index contributed by atoms with van der Waals surface area (Å²) in [5, 5.41) is 0. The van der Waals surface area contributed by atoms with E-state index in [0.29, 0.717) is 31.7 Å². The molecule has 2 saturated heterocycles. The fraction of sp³-hybridized carbons (Fsp3) is 0.333. The maximum absolute atomic E-state index is 13.9. The Morgan fingerprint density at radius 3 is 2.57 bits per heavy atom. The molecule has 184 valence electrons. The van der Waals surface area contributed by atoms with Crippen molar-refractivity contribution in [3.8, 4) is 5.75 Å². The number of piperidine rings is 1. The fourth-order valence-corrected chi connectivity index (χ4v) is 6.99. The van der Waals surface area contributed by atoms with Crippen molar-refractivity contribution >= 4 is 15.9 Å². The topological polar surface area (TPSA) is 61.9 Å². The monoisotopic (exact) mass is 495 g/mol. The van der Waals surface area contributed by atoms with Gasteiger partial charge >= 0.3 is 10.2 Å². The molecule has 2 fully saturated rings. The minimum atomic E-state index is -3.72. The molecule has 8 heteroatoms. The summed E-state index contributed by atoms with van der Waals surface area (Å²) >= 11 is 0. The van der Waals surface area contributed by atoms with Crippen molar-refractivity contribution in [2.45, 2.75) is 44.5 Å². The van der Waals surface area contributed by atoms with Gasteiger partial charge in [0.05, 0.1) is 11.2 Å². The van der Waals surface area contributed by atoms with Crippen molar-refractivity contribution in [1.29, 1.82) is 0 Å². The highest BCUT2D eigenvalue weighted by molar-refractivity contribution is 7.91. The van der Waals surface area contributed by atoms with E-state index in [1.165, 1.54) is 16.4 Å². The number of anilines is 1. The molecule has 0 radical (unpaired) electrons. The van der Waals surface area contributed by atoms with Crippen LogP contribution in [0.3, 0.4) is 0 Å². The maximum Gasteiger partial charge on any atom is 0.302 e. The molecular weight excluding hydrogens is 465 g/mol. The summed E-state index contributed by atoms with van der Waals surface area (Å²) in [5.74, 6) is 0.385. The quantitative estimate of drug-likeness (QED) is 0.548. The van der Waals surface area contributed by atoms with Crippen LogP contribution in [0.1, 0.15) is 30.9 Å². The van der Waals surface area contributed by atoms with E-state index < -0.39 is 21.6 Å². The predicted molar refractivity (Wildman–Crippen MR) is 135 cm³/mol. The molecule has 3 aromatic carbocycles. The molecule has 1 spiro atoms. The Kier molecular flexibility index (Phi) is 6.53. The predicted octanol–water partition coefficient (Wildman–Crippen LogP) is 4.48. The highest BCUT2D eigenvalue weighted by Gasteiger charge is 2.52. The minimum absolute atomic E-state index is 0.142. The van der Waals surface area contributed by atoms with Gasteiger partial charge < -0.3 is 4.74 Å². The Morgan fingerprint density at radius 1 is 1.03 bits per heavy atom. The number of hydrogen-bond donors (Lipinski definition) is 1. The van der Waals surface area contributed by atoms with Gasteiger partial charge in [-0.2, -0.15) is 13.1 Å². The Hall–Kier alpha value is -2.94. The summed E-state index contributed by atoms with van der Waals surface area (Å²) in [5.41, 5.74) is 2.04. The van der Waals surface area contributed by atoms with Gasteiger partial charge in [0.2, 0.25) is 0 Å². The van der Waals surface area contributed by atoms with Gasteiger partial charge in [0.15, 0.2) is 0 Å². The van der Waals surface area contributed by atoms with Gasteiger partial charge in [-0.25, -0.2) is 4.39 Å². The molecule has 2 aliphatic rings. The number of ether oxygens (including phenoxy) is 1. The van der Waals surface area contributed by atoms with Crippen molar-refractivity contribution in [3.05, 3.63) is 95.8 Å². The molecular formula is C27H30FN3O3S. The minimum Gasteiger partial charge on any atom is -0.489 e. The van der Waals surface area contributed by atoms with Crippen LogP contribution in [0.15, 0.2) is 78.9 Å². The van der Waals surface area contributed by atoms with E-state index in [-0.39, 0.29) is 6.04 Å². The van der Waals surface area contributed by atoms with Gasteiger partial charge in [-0.15, -0.1) is 0 Å². The fourth-order valence-electron chi connectivity index (χ4n) is 5.27. The summed E-state index contributed by atoms with van der Waals surface area (Å²) in [6, 6.07) is 24.2. The molecule has 2 aliphatic heterocycles. The van der Waals surface area contributed by atoms with Crippen molar-refractivity contribution in [2.24, 2.45) is 0 Å². The number of halogens is 1. The molecule has 6 nitrogen and oxygen atoms in total. The molecule has 2 heterocycles. The van der Waals surface area contributed by atoms with E-state index >= 15 is 0 Å². The van der Waals surface area contributed by atoms with Gasteiger partial charge in [-0.1, -0.05) is 48.5 Å². The molecule has 0 amide bonds. The Morgan fingerprint density at radius 2 is 1.80 bits per heavy atom. The van der Waals surface area contributed by atoms with Crippen LogP contribution in [0.25, 0.3) is 0 Å². The van der Waals surface area contributed by atoms with E-state index in [4.69, 9.17) is 4.74 Å². The van der Waals surface area contributed by atoms with Gasteiger partial charge in [0.1, 0.15) is 18.2 Å². The number of likely N-dealkylation sites (tertiary alicyclic amines) is 1. The highest BCUT2D eigenvalue weighted by Crippen LogP contribution is 2.41. The van der Waals surface area contributed by atoms with Crippen LogP contribution in [0.5, 0.6) is 5.75 Å². The summed E-state index contributed by atoms with van der Waals surface area (Å²) in [6.45, 7) is 4.46. The van der Waals surface area contributed by atoms with Crippen LogP contribution in [0, 0.1) is 5.82 Å². The van der Waals surface area contributed by atoms with Crippen LogP contribution in [0.2, 0.25) is 0 Å². The van der Waals surface area contributed by atoms with Crippen molar-refractivity contribution in [2.75, 3.05) is 17.4 Å². The second-order valence-corrected chi connectivity index (χ2v) is 11.1. The van der Waals surface area contributed by atoms with Gasteiger partial charge in [-0.3, -0.25) is 9.21 Å². The van der Waals surface area contributed by atoms with Crippen LogP contribution in [-0.2, 0) is 23.4 Å². The van der Waals surface area contributed by atoms with Gasteiger partial charge in [0.25, 0.3) is 0 Å². The first kappa shape index (κ1) is 23.8. The van der Waals surface area contributed by atoms with Crippen molar-refractivity contribution in [1.82, 2.24) is 9.62 Å². The lowest BCUT2D eigenvalue weighted by Gasteiger charge is -2.47. The zero-order valence-electron chi connectivity index (χ0n) is 19.7. The van der Waals surface area contributed by atoms with Crippen LogP contribution >= 0.6 is 0 Å². The van der Waals surface area contributed by atoms with E-state index in [1.807, 2.05) is 42.5 Å². The van der Waals surface area contributed by atoms with Gasteiger partial charge in [0, 0.05) is 25.7 Å². The first-order valence-electron chi connectivity index (χ1n) is 11.9. The number of nitrogens with zero attached hydrogens (tertiary/aromatic N) is 2. The lowest BCUT2D eigenvalue weighted by atomic mass is 9.83. The second kappa shape index (κ2) is 9.60. The average Bonchev–Trinajstić information content (AvgIpc) is 3.10. The first-order chi connectivity index (χ1) is 16.8. The molecule has 0 bridgehead atoms. The smallest absolute Gasteiger partial charge is 0.302 e. The van der Waals surface area contributed by atoms with Crippen molar-refractivity contribution < 1.29 is 17.5 Å². The zero-order valence-corrected chi connectivity index (χ0v) is 20.5. The number of hydrogen-bond acceptors (Lipinski definition) is 4. The Balaban J connectivity index is 1.28. The molecule has 3 aromatic rings. The van der Waals surface area contributed by atoms with Crippen LogP contribution in [0.4, 0.5) is 10.1 Å². The summed E-state index contributed by atoms with van der Waals surface area (Å²) in [6.07, 6.45) is 1.31. The average molecular weight is 496 g/mol. The standard InChI is InChI=1S/C27H30FN3O3S/c1-21-17-27(20-29-35(32,33)31(27)25-11-6-10-24(28)16-25)13-14-30(21)18-23-9-5-12-26(15-23)34-19-22-7-3-2-4-8-22/h2-12,15-16,21,29H,13-14,17-20H2,1H3/t21-,27+/m0/s1. The molecule has 1 N–H and O–H groups in total. The SMILES string of the molecule is C[C@H]1C[C@]2(CCN1Cc1cccc(OCc3ccccc3)c1)CNS(=O)(=O)N2c1cccc(F)c1. The molecule has 0 saturated carbocycles. The largest absolute Gasteiger partial charge is 0.489 e. The van der Waals surface area contributed by atoms with E-state index in [2.05, 4.69) is 28.7 Å². The third kappa shape index (κ3) is 5.05. The molecule has 0 aromatic heterocycles. The number of benzene rings is 3. The summed E-state index contributed by atoms with van der Waals surface area (Å²) < 4.78 is 49.8. The lowest BCUT2D eigenvalue weighted by Crippen LogP contribution is -2.57. The number of rotatable bonds is 6. The van der Waals surface area contributed by atoms with E-state index in [9.17, 15) is 12.8 Å². The Labute approximate surface area is 206 Å². The maximum atomic E-state index is 13.9. The molecule has 0 unspecified atom stereocenters. The van der Waals surface area contributed by atoms with Crippen LogP contribution < -0.4 is 13.8 Å². The molecule has 5 rings (SSSR count). The van der Waals surface area contributed by atoms with Gasteiger partial charge in [-0.05, 0) is 61.2 Å². The molecule has 2 atom stereocenters. The highest BCUT2D eigenvalue weighted by atomic mass is 32.2. The third-order valence-corrected chi connectivity index (χ3v) is 8.58. The second-order valence-electron chi connectivity index (χ2n) is 9.49. The van der Waals surface area contributed by atoms with E-state index in [0.717, 1.165) is 30.0 Å². The normalized spacial score (nSPS) is 24.1. The summed E-state index contributed by atoms with van der Waals surface area (Å²) in [4.78, 5) is 2.37. The third-order valence-electron chi connectivity index (χ3n) is 6.99. The van der Waals surface area contributed by atoms with Crippen molar-refractivity contribution in [3.63, 3.8) is 0 Å². The van der Waals surface area contributed by atoms with E-state index in [1.54, 1.807) is 12.1 Å². The summed E-state index contributed by atoms with van der Waals surface area (Å²) in [7, 11) is -3.72. The Bertz CT molecular complexity index is 1290.